The lowest BCUT2D eigenvalue weighted by Crippen LogP contribution is -2.50. The molecule has 3 heteroatoms. The molecule has 1 unspecified atom stereocenters. The van der Waals surface area contributed by atoms with Crippen molar-refractivity contribution in [2.45, 2.75) is 12.5 Å². The molecule has 1 aliphatic carbocycles. The molecule has 0 spiro atoms. The zero-order valence-corrected chi connectivity index (χ0v) is 10.9. The molecule has 0 amide bonds. The van der Waals surface area contributed by atoms with Crippen molar-refractivity contribution in [3.8, 4) is 5.75 Å². The predicted molar refractivity (Wildman–Crippen MR) is 74.3 cm³/mol. The first-order chi connectivity index (χ1) is 8.86. The van der Waals surface area contributed by atoms with E-state index in [0.29, 0.717) is 6.04 Å². The molecule has 0 saturated carbocycles. The lowest BCUT2D eigenvalue weighted by Gasteiger charge is -2.41. The maximum Gasteiger partial charge on any atom is 0.119 e. The Bertz CT molecular complexity index is 419. The highest BCUT2D eigenvalue weighted by Gasteiger charge is 2.24. The van der Waals surface area contributed by atoms with Crippen LogP contribution < -0.4 is 9.64 Å². The molecule has 1 atom stereocenters. The summed E-state index contributed by atoms with van der Waals surface area (Å²) in [4.78, 5) is 5.04. The normalized spacial score (nSPS) is 23.8. The topological polar surface area (TPSA) is 15.7 Å². The Morgan fingerprint density at radius 3 is 2.22 bits per heavy atom. The lowest BCUT2D eigenvalue weighted by molar-refractivity contribution is 0.206. The van der Waals surface area contributed by atoms with Gasteiger partial charge >= 0.3 is 0 Å². The summed E-state index contributed by atoms with van der Waals surface area (Å²) < 4.78 is 5.19. The van der Waals surface area contributed by atoms with Gasteiger partial charge in [-0.05, 0) is 30.7 Å². The Morgan fingerprint density at radius 1 is 1.06 bits per heavy atom. The minimum atomic E-state index is 0.711. The number of anilines is 1. The van der Waals surface area contributed by atoms with Crippen LogP contribution in [0.15, 0.2) is 36.4 Å². The van der Waals surface area contributed by atoms with E-state index >= 15 is 0 Å². The Kier molecular flexibility index (Phi) is 3.24. The summed E-state index contributed by atoms with van der Waals surface area (Å²) in [5, 5.41) is 0. The standard InChI is InChI=1S/C15H20N2O/c1-18-15-7-5-14(6-8-15)17-11-9-16(10-12-17)13-3-2-4-13/h2-3,5-8,13H,4,9-12H2,1H3. The second-order valence-electron chi connectivity index (χ2n) is 4.95. The van der Waals surface area contributed by atoms with E-state index in [1.165, 1.54) is 25.2 Å². The highest BCUT2D eigenvalue weighted by molar-refractivity contribution is 5.49. The molecule has 1 aromatic rings. The summed E-state index contributed by atoms with van der Waals surface area (Å²) in [5.41, 5.74) is 1.31. The van der Waals surface area contributed by atoms with Crippen LogP contribution in [-0.2, 0) is 0 Å². The molecule has 18 heavy (non-hydrogen) atoms. The molecule has 3 rings (SSSR count). The third-order valence-electron chi connectivity index (χ3n) is 3.96. The van der Waals surface area contributed by atoms with Crippen molar-refractivity contribution in [1.82, 2.24) is 4.90 Å². The van der Waals surface area contributed by atoms with Gasteiger partial charge in [-0.2, -0.15) is 0 Å². The van der Waals surface area contributed by atoms with E-state index in [9.17, 15) is 0 Å². The number of piperazine rings is 1. The molecule has 96 valence electrons. The van der Waals surface area contributed by atoms with Gasteiger partial charge in [-0.15, -0.1) is 0 Å². The van der Waals surface area contributed by atoms with E-state index < -0.39 is 0 Å². The summed E-state index contributed by atoms with van der Waals surface area (Å²) in [6.07, 6.45) is 5.83. The molecule has 0 bridgehead atoms. The van der Waals surface area contributed by atoms with Crippen LogP contribution in [-0.4, -0.2) is 44.2 Å². The molecule has 2 aliphatic rings. The molecule has 0 N–H and O–H groups in total. The zero-order chi connectivity index (χ0) is 12.4. The van der Waals surface area contributed by atoms with Crippen molar-refractivity contribution in [1.29, 1.82) is 0 Å². The molecule has 1 aliphatic heterocycles. The molecule has 1 heterocycles. The third kappa shape index (κ3) is 2.23. The largest absolute Gasteiger partial charge is 0.497 e. The molecular weight excluding hydrogens is 224 g/mol. The zero-order valence-electron chi connectivity index (χ0n) is 10.9. The minimum absolute atomic E-state index is 0.711. The number of benzene rings is 1. The van der Waals surface area contributed by atoms with Crippen LogP contribution in [0.5, 0.6) is 5.75 Å². The lowest BCUT2D eigenvalue weighted by atomic mass is 10.0. The number of hydrogen-bond acceptors (Lipinski definition) is 3. The molecule has 1 fully saturated rings. The van der Waals surface area contributed by atoms with Gasteiger partial charge in [0.05, 0.1) is 7.11 Å². The van der Waals surface area contributed by atoms with Crippen molar-refractivity contribution in [2.24, 2.45) is 0 Å². The fraction of sp³-hybridized carbons (Fsp3) is 0.467. The average Bonchev–Trinajstić information content (AvgIpc) is 2.38. The Labute approximate surface area is 109 Å². The minimum Gasteiger partial charge on any atom is -0.497 e. The number of ether oxygens (including phenoxy) is 1. The van der Waals surface area contributed by atoms with Crippen molar-refractivity contribution in [2.75, 3.05) is 38.2 Å². The van der Waals surface area contributed by atoms with E-state index in [1.807, 2.05) is 12.1 Å². The summed E-state index contributed by atoms with van der Waals surface area (Å²) in [6, 6.07) is 9.09. The first-order valence-corrected chi connectivity index (χ1v) is 6.66. The van der Waals surface area contributed by atoms with Gasteiger partial charge in [-0.1, -0.05) is 12.2 Å². The van der Waals surface area contributed by atoms with Crippen LogP contribution in [0.3, 0.4) is 0 Å². The van der Waals surface area contributed by atoms with Crippen molar-refractivity contribution in [3.05, 3.63) is 36.4 Å². The molecule has 0 radical (unpaired) electrons. The molecular formula is C15H20N2O. The summed E-state index contributed by atoms with van der Waals surface area (Å²) >= 11 is 0. The second kappa shape index (κ2) is 5.02. The Balaban J connectivity index is 1.59. The maximum absolute atomic E-state index is 5.19. The van der Waals surface area contributed by atoms with Crippen molar-refractivity contribution >= 4 is 5.69 Å². The van der Waals surface area contributed by atoms with Crippen LogP contribution in [0.1, 0.15) is 6.42 Å². The van der Waals surface area contributed by atoms with E-state index in [2.05, 4.69) is 34.1 Å². The fourth-order valence-electron chi connectivity index (χ4n) is 2.63. The van der Waals surface area contributed by atoms with Crippen LogP contribution in [0.25, 0.3) is 0 Å². The van der Waals surface area contributed by atoms with Gasteiger partial charge in [0.25, 0.3) is 0 Å². The highest BCUT2D eigenvalue weighted by Crippen LogP contribution is 2.23. The Morgan fingerprint density at radius 2 is 1.72 bits per heavy atom. The molecule has 0 aromatic heterocycles. The van der Waals surface area contributed by atoms with Crippen LogP contribution in [0.2, 0.25) is 0 Å². The smallest absolute Gasteiger partial charge is 0.119 e. The number of hydrogen-bond donors (Lipinski definition) is 0. The van der Waals surface area contributed by atoms with Crippen molar-refractivity contribution in [3.63, 3.8) is 0 Å². The van der Waals surface area contributed by atoms with E-state index in [1.54, 1.807) is 7.11 Å². The van der Waals surface area contributed by atoms with Gasteiger partial charge in [0.2, 0.25) is 0 Å². The summed E-state index contributed by atoms with van der Waals surface area (Å²) in [5.74, 6) is 0.928. The number of methoxy groups -OCH3 is 1. The van der Waals surface area contributed by atoms with Crippen LogP contribution >= 0.6 is 0 Å². The fourth-order valence-corrected chi connectivity index (χ4v) is 2.63. The maximum atomic E-state index is 5.19. The third-order valence-corrected chi connectivity index (χ3v) is 3.96. The van der Waals surface area contributed by atoms with Crippen LogP contribution in [0, 0.1) is 0 Å². The summed E-state index contributed by atoms with van der Waals surface area (Å²) in [6.45, 7) is 4.58. The first-order valence-electron chi connectivity index (χ1n) is 6.66. The highest BCUT2D eigenvalue weighted by atomic mass is 16.5. The van der Waals surface area contributed by atoms with Gasteiger partial charge in [0, 0.05) is 37.9 Å². The predicted octanol–water partition coefficient (Wildman–Crippen LogP) is 2.15. The average molecular weight is 244 g/mol. The molecule has 1 aromatic carbocycles. The molecule has 3 nitrogen and oxygen atoms in total. The van der Waals surface area contributed by atoms with Crippen molar-refractivity contribution < 1.29 is 4.74 Å². The van der Waals surface area contributed by atoms with E-state index in [0.717, 1.165) is 18.8 Å². The monoisotopic (exact) mass is 244 g/mol. The van der Waals surface area contributed by atoms with Crippen LogP contribution in [0.4, 0.5) is 5.69 Å². The quantitative estimate of drug-likeness (QED) is 0.758. The van der Waals surface area contributed by atoms with E-state index in [-0.39, 0.29) is 0 Å². The second-order valence-corrected chi connectivity index (χ2v) is 4.95. The van der Waals surface area contributed by atoms with Gasteiger partial charge in [0.1, 0.15) is 5.75 Å². The number of rotatable bonds is 3. The SMILES string of the molecule is COc1ccc(N2CCN(C3C=CC3)CC2)cc1. The number of nitrogens with zero attached hydrogens (tertiary/aromatic N) is 2. The van der Waals surface area contributed by atoms with E-state index in [4.69, 9.17) is 4.74 Å². The van der Waals surface area contributed by atoms with Gasteiger partial charge < -0.3 is 9.64 Å². The summed E-state index contributed by atoms with van der Waals surface area (Å²) in [7, 11) is 1.71. The Hall–Kier alpha value is -1.48. The first kappa shape index (κ1) is 11.6. The molecule has 1 saturated heterocycles. The van der Waals surface area contributed by atoms with Gasteiger partial charge in [-0.3, -0.25) is 4.90 Å². The van der Waals surface area contributed by atoms with Gasteiger partial charge in [-0.25, -0.2) is 0 Å². The van der Waals surface area contributed by atoms with Gasteiger partial charge in [0.15, 0.2) is 0 Å².